The Balaban J connectivity index is 2.67. The Bertz CT molecular complexity index is 604. The van der Waals surface area contributed by atoms with Crippen LogP contribution in [0.5, 0.6) is 17.2 Å². The highest BCUT2D eigenvalue weighted by molar-refractivity contribution is 7.80. The van der Waals surface area contributed by atoms with E-state index in [9.17, 15) is 0 Å². The number of hydrogen-bond acceptors (Lipinski definition) is 5. The highest BCUT2D eigenvalue weighted by atomic mass is 32.1. The molecule has 0 aromatic heterocycles. The first kappa shape index (κ1) is 14.4. The lowest BCUT2D eigenvalue weighted by Crippen LogP contribution is -1.96. The molecule has 0 heterocycles. The summed E-state index contributed by atoms with van der Waals surface area (Å²) < 4.78 is 16.1. The van der Waals surface area contributed by atoms with Gasteiger partial charge in [0.1, 0.15) is 17.2 Å². The zero-order chi connectivity index (χ0) is 14.7. The molecule has 2 N–H and O–H groups in total. The number of nitrogen functional groups attached to an aromatic ring is 1. The van der Waals surface area contributed by atoms with Gasteiger partial charge < -0.3 is 19.9 Å². The number of methoxy groups -OCH3 is 3. The standard InChI is InChI=1S/C15H17NO3S/c1-17-10-7-12(18-2)15(13(8-10)19-3)9-4-5-11(16)14(20)6-9/h4-8,20H,16H2,1-3H3. The second kappa shape index (κ2) is 5.96. The van der Waals surface area contributed by atoms with Crippen LogP contribution >= 0.6 is 12.6 Å². The molecule has 0 amide bonds. The quantitative estimate of drug-likeness (QED) is 0.670. The van der Waals surface area contributed by atoms with Crippen LogP contribution in [0.1, 0.15) is 0 Å². The molecule has 5 heteroatoms. The molecule has 4 nitrogen and oxygen atoms in total. The van der Waals surface area contributed by atoms with Gasteiger partial charge in [-0.2, -0.15) is 0 Å². The van der Waals surface area contributed by atoms with E-state index in [1.165, 1.54) is 0 Å². The van der Waals surface area contributed by atoms with Crippen molar-refractivity contribution in [1.29, 1.82) is 0 Å². The monoisotopic (exact) mass is 291 g/mol. The maximum atomic E-state index is 5.79. The molecule has 20 heavy (non-hydrogen) atoms. The van der Waals surface area contributed by atoms with E-state index in [0.717, 1.165) is 11.1 Å². The Morgan fingerprint density at radius 2 is 1.50 bits per heavy atom. The Labute approximate surface area is 123 Å². The van der Waals surface area contributed by atoms with Crippen molar-refractivity contribution >= 4 is 18.3 Å². The van der Waals surface area contributed by atoms with E-state index < -0.39 is 0 Å². The Morgan fingerprint density at radius 3 is 1.95 bits per heavy atom. The fraction of sp³-hybridized carbons (Fsp3) is 0.200. The third kappa shape index (κ3) is 2.63. The van der Waals surface area contributed by atoms with Gasteiger partial charge in [0.15, 0.2) is 0 Å². The lowest BCUT2D eigenvalue weighted by molar-refractivity contribution is 0.377. The topological polar surface area (TPSA) is 53.7 Å². The minimum atomic E-state index is 0.628. The van der Waals surface area contributed by atoms with Gasteiger partial charge in [0.2, 0.25) is 0 Å². The molecule has 2 aromatic rings. The summed E-state index contributed by atoms with van der Waals surface area (Å²) in [6.07, 6.45) is 0. The smallest absolute Gasteiger partial charge is 0.134 e. The van der Waals surface area contributed by atoms with Gasteiger partial charge in [0.05, 0.1) is 26.9 Å². The third-order valence-corrected chi connectivity index (χ3v) is 3.42. The summed E-state index contributed by atoms with van der Waals surface area (Å²) in [5.41, 5.74) is 8.18. The molecule has 0 unspecified atom stereocenters. The first-order valence-corrected chi connectivity index (χ1v) is 6.44. The van der Waals surface area contributed by atoms with Crippen molar-refractivity contribution in [3.05, 3.63) is 30.3 Å². The van der Waals surface area contributed by atoms with Gasteiger partial charge in [-0.15, -0.1) is 12.6 Å². The van der Waals surface area contributed by atoms with Gasteiger partial charge in [-0.3, -0.25) is 0 Å². The number of ether oxygens (including phenoxy) is 3. The van der Waals surface area contributed by atoms with Crippen molar-refractivity contribution in [2.24, 2.45) is 0 Å². The first-order valence-electron chi connectivity index (χ1n) is 5.99. The van der Waals surface area contributed by atoms with Crippen LogP contribution in [-0.4, -0.2) is 21.3 Å². The summed E-state index contributed by atoms with van der Waals surface area (Å²) in [6.45, 7) is 0. The molecule has 0 fully saturated rings. The van der Waals surface area contributed by atoms with Crippen molar-refractivity contribution in [1.82, 2.24) is 0 Å². The fourth-order valence-corrected chi connectivity index (χ4v) is 2.20. The van der Waals surface area contributed by atoms with Crippen LogP contribution < -0.4 is 19.9 Å². The average Bonchev–Trinajstić information content (AvgIpc) is 2.48. The van der Waals surface area contributed by atoms with Crippen molar-refractivity contribution in [3.8, 4) is 28.4 Å². The number of benzene rings is 2. The fourth-order valence-electron chi connectivity index (χ4n) is 1.99. The summed E-state index contributed by atoms with van der Waals surface area (Å²) >= 11 is 4.35. The largest absolute Gasteiger partial charge is 0.496 e. The van der Waals surface area contributed by atoms with Gasteiger partial charge in [-0.1, -0.05) is 6.07 Å². The van der Waals surface area contributed by atoms with Gasteiger partial charge >= 0.3 is 0 Å². The highest BCUT2D eigenvalue weighted by Gasteiger charge is 2.15. The van der Waals surface area contributed by atoms with E-state index in [4.69, 9.17) is 19.9 Å². The SMILES string of the molecule is COc1cc(OC)c(-c2ccc(N)c(S)c2)c(OC)c1. The molecular weight excluding hydrogens is 274 g/mol. The van der Waals surface area contributed by atoms with E-state index >= 15 is 0 Å². The van der Waals surface area contributed by atoms with E-state index in [2.05, 4.69) is 12.6 Å². The van der Waals surface area contributed by atoms with Crippen LogP contribution in [0.3, 0.4) is 0 Å². The molecule has 0 radical (unpaired) electrons. The first-order chi connectivity index (χ1) is 9.60. The van der Waals surface area contributed by atoms with Crippen LogP contribution in [0, 0.1) is 0 Å². The molecule has 0 aliphatic heterocycles. The lowest BCUT2D eigenvalue weighted by Gasteiger charge is -2.16. The number of anilines is 1. The number of rotatable bonds is 4. The second-order valence-corrected chi connectivity index (χ2v) is 4.66. The van der Waals surface area contributed by atoms with Crippen LogP contribution in [0.2, 0.25) is 0 Å². The van der Waals surface area contributed by atoms with E-state index in [1.807, 2.05) is 24.3 Å². The van der Waals surface area contributed by atoms with Gasteiger partial charge in [-0.25, -0.2) is 0 Å². The maximum Gasteiger partial charge on any atom is 0.134 e. The summed E-state index contributed by atoms with van der Waals surface area (Å²) in [6, 6.07) is 9.22. The van der Waals surface area contributed by atoms with Crippen LogP contribution in [0.4, 0.5) is 5.69 Å². The molecule has 2 rings (SSSR count). The summed E-state index contributed by atoms with van der Waals surface area (Å²) in [5.74, 6) is 2.00. The highest BCUT2D eigenvalue weighted by Crippen LogP contribution is 2.42. The number of thiol groups is 1. The van der Waals surface area contributed by atoms with Crippen molar-refractivity contribution in [2.75, 3.05) is 27.1 Å². The molecule has 0 aliphatic carbocycles. The molecule has 0 spiro atoms. The zero-order valence-electron chi connectivity index (χ0n) is 11.6. The molecule has 2 aromatic carbocycles. The molecular formula is C15H17NO3S. The molecule has 0 bridgehead atoms. The minimum absolute atomic E-state index is 0.628. The summed E-state index contributed by atoms with van der Waals surface area (Å²) in [5, 5.41) is 0. The van der Waals surface area contributed by atoms with Crippen molar-refractivity contribution in [3.63, 3.8) is 0 Å². The molecule has 106 valence electrons. The van der Waals surface area contributed by atoms with E-state index in [-0.39, 0.29) is 0 Å². The normalized spacial score (nSPS) is 10.2. The molecule has 0 saturated carbocycles. The molecule has 0 atom stereocenters. The van der Waals surface area contributed by atoms with Gasteiger partial charge in [0.25, 0.3) is 0 Å². The third-order valence-electron chi connectivity index (χ3n) is 3.03. The number of nitrogens with two attached hydrogens (primary N) is 1. The molecule has 0 aliphatic rings. The Kier molecular flexibility index (Phi) is 4.29. The number of hydrogen-bond donors (Lipinski definition) is 2. The van der Waals surface area contributed by atoms with E-state index in [0.29, 0.717) is 27.8 Å². The predicted molar refractivity (Wildman–Crippen MR) is 83.2 cm³/mol. The van der Waals surface area contributed by atoms with Crippen molar-refractivity contribution in [2.45, 2.75) is 4.90 Å². The van der Waals surface area contributed by atoms with Crippen molar-refractivity contribution < 1.29 is 14.2 Å². The second-order valence-electron chi connectivity index (χ2n) is 4.18. The lowest BCUT2D eigenvalue weighted by atomic mass is 10.0. The molecule has 0 saturated heterocycles. The average molecular weight is 291 g/mol. The Hall–Kier alpha value is -2.01. The van der Waals surface area contributed by atoms with Crippen LogP contribution in [0.15, 0.2) is 35.2 Å². The van der Waals surface area contributed by atoms with Gasteiger partial charge in [0, 0.05) is 22.7 Å². The summed E-state index contributed by atoms with van der Waals surface area (Å²) in [7, 11) is 4.82. The maximum absolute atomic E-state index is 5.79. The van der Waals surface area contributed by atoms with Gasteiger partial charge in [-0.05, 0) is 17.7 Å². The van der Waals surface area contributed by atoms with Crippen LogP contribution in [-0.2, 0) is 0 Å². The van der Waals surface area contributed by atoms with E-state index in [1.54, 1.807) is 27.4 Å². The summed E-state index contributed by atoms with van der Waals surface area (Å²) in [4.78, 5) is 0.711. The minimum Gasteiger partial charge on any atom is -0.496 e. The Morgan fingerprint density at radius 1 is 0.900 bits per heavy atom. The predicted octanol–water partition coefficient (Wildman–Crippen LogP) is 3.25. The van der Waals surface area contributed by atoms with Crippen LogP contribution in [0.25, 0.3) is 11.1 Å². The zero-order valence-corrected chi connectivity index (χ0v) is 12.5.